The lowest BCUT2D eigenvalue weighted by molar-refractivity contribution is 1.36. The lowest BCUT2D eigenvalue weighted by Gasteiger charge is -2.08. The smallest absolute Gasteiger partial charge is 0.0426 e. The molecule has 3 rings (SSSR count). The van der Waals surface area contributed by atoms with Crippen LogP contribution in [0.5, 0.6) is 0 Å². The Kier molecular flexibility index (Phi) is 3.05. The maximum atomic E-state index is 6.05. The summed E-state index contributed by atoms with van der Waals surface area (Å²) in [6.07, 6.45) is 3.56. The van der Waals surface area contributed by atoms with Crippen LogP contribution in [0.15, 0.2) is 48.8 Å². The minimum absolute atomic E-state index is 0.600. The van der Waals surface area contributed by atoms with Gasteiger partial charge in [0.25, 0.3) is 0 Å². The third kappa shape index (κ3) is 2.25. The van der Waals surface area contributed by atoms with Crippen LogP contribution in [0.4, 0.5) is 5.69 Å². The van der Waals surface area contributed by atoms with Gasteiger partial charge in [-0.25, -0.2) is 0 Å². The molecule has 1 heterocycles. The molecule has 0 aliphatic carbocycles. The molecule has 1 aromatic heterocycles. The van der Waals surface area contributed by atoms with Crippen molar-refractivity contribution in [3.8, 4) is 11.1 Å². The highest BCUT2D eigenvalue weighted by Gasteiger charge is 2.07. The Morgan fingerprint density at radius 2 is 1.63 bits per heavy atom. The van der Waals surface area contributed by atoms with Gasteiger partial charge in [0, 0.05) is 39.1 Å². The average molecular weight is 289 g/mol. The number of rotatable bonds is 1. The maximum absolute atomic E-state index is 6.05. The van der Waals surface area contributed by atoms with Gasteiger partial charge in [-0.15, -0.1) is 0 Å². The van der Waals surface area contributed by atoms with Gasteiger partial charge in [-0.05, 0) is 35.2 Å². The fourth-order valence-electron chi connectivity index (χ4n) is 2.16. The van der Waals surface area contributed by atoms with Crippen LogP contribution in [0.25, 0.3) is 21.9 Å². The molecule has 94 valence electrons. The first-order valence-electron chi connectivity index (χ1n) is 5.74. The summed E-state index contributed by atoms with van der Waals surface area (Å²) < 4.78 is 0. The Balaban J connectivity index is 2.33. The normalized spacial score (nSPS) is 10.8. The van der Waals surface area contributed by atoms with Gasteiger partial charge in [-0.3, -0.25) is 4.98 Å². The van der Waals surface area contributed by atoms with E-state index in [1.807, 2.05) is 30.3 Å². The summed E-state index contributed by atoms with van der Waals surface area (Å²) in [6, 6.07) is 11.2. The summed E-state index contributed by atoms with van der Waals surface area (Å²) in [5, 5.41) is 3.16. The van der Waals surface area contributed by atoms with Crippen molar-refractivity contribution in [2.75, 3.05) is 5.73 Å². The van der Waals surface area contributed by atoms with Crippen LogP contribution < -0.4 is 5.73 Å². The van der Waals surface area contributed by atoms with Crippen molar-refractivity contribution in [1.82, 2.24) is 4.98 Å². The maximum Gasteiger partial charge on any atom is 0.0426 e. The molecule has 2 N–H and O–H groups in total. The van der Waals surface area contributed by atoms with Gasteiger partial charge in [0.2, 0.25) is 0 Å². The SMILES string of the molecule is Nc1cccc2c(-c3cc(Cl)cc(Cl)c3)cncc12. The molecule has 0 spiro atoms. The van der Waals surface area contributed by atoms with E-state index in [2.05, 4.69) is 4.98 Å². The Bertz CT molecular complexity index is 749. The van der Waals surface area contributed by atoms with E-state index in [0.29, 0.717) is 15.7 Å². The molecular formula is C15H10Cl2N2. The standard InChI is InChI=1S/C15H10Cl2N2/c16-10-4-9(5-11(17)6-10)13-7-19-8-14-12(13)2-1-3-15(14)18/h1-8H,18H2. The predicted molar refractivity (Wildman–Crippen MR) is 81.6 cm³/mol. The Morgan fingerprint density at radius 3 is 2.37 bits per heavy atom. The summed E-state index contributed by atoms with van der Waals surface area (Å²) in [5.74, 6) is 0. The number of aromatic nitrogens is 1. The molecule has 4 heteroatoms. The minimum Gasteiger partial charge on any atom is -0.398 e. The van der Waals surface area contributed by atoms with Crippen molar-refractivity contribution in [1.29, 1.82) is 0 Å². The second-order valence-corrected chi connectivity index (χ2v) is 5.16. The van der Waals surface area contributed by atoms with Crippen molar-refractivity contribution in [2.45, 2.75) is 0 Å². The highest BCUT2D eigenvalue weighted by molar-refractivity contribution is 6.35. The first-order valence-corrected chi connectivity index (χ1v) is 6.49. The molecule has 0 saturated carbocycles. The molecule has 0 atom stereocenters. The van der Waals surface area contributed by atoms with E-state index in [1.54, 1.807) is 18.5 Å². The first-order chi connectivity index (χ1) is 9.15. The van der Waals surface area contributed by atoms with E-state index in [4.69, 9.17) is 28.9 Å². The quantitative estimate of drug-likeness (QED) is 0.654. The summed E-state index contributed by atoms with van der Waals surface area (Å²) in [6.45, 7) is 0. The highest BCUT2D eigenvalue weighted by Crippen LogP contribution is 2.33. The van der Waals surface area contributed by atoms with Gasteiger partial charge >= 0.3 is 0 Å². The zero-order chi connectivity index (χ0) is 13.4. The minimum atomic E-state index is 0.600. The number of anilines is 1. The second-order valence-electron chi connectivity index (χ2n) is 4.29. The Hall–Kier alpha value is -1.77. The van der Waals surface area contributed by atoms with E-state index < -0.39 is 0 Å². The molecule has 0 bridgehead atoms. The number of nitrogen functional groups attached to an aromatic ring is 1. The summed E-state index contributed by atoms with van der Waals surface area (Å²) >= 11 is 12.1. The number of nitrogens with zero attached hydrogens (tertiary/aromatic N) is 1. The van der Waals surface area contributed by atoms with Crippen LogP contribution in [-0.4, -0.2) is 4.98 Å². The summed E-state index contributed by atoms with van der Waals surface area (Å²) in [5.41, 5.74) is 8.58. The van der Waals surface area contributed by atoms with Crippen molar-refractivity contribution < 1.29 is 0 Å². The van der Waals surface area contributed by atoms with Crippen LogP contribution in [0.1, 0.15) is 0 Å². The van der Waals surface area contributed by atoms with Crippen molar-refractivity contribution >= 4 is 39.7 Å². The Labute approximate surface area is 120 Å². The molecule has 0 aliphatic heterocycles. The van der Waals surface area contributed by atoms with Crippen LogP contribution in [0.3, 0.4) is 0 Å². The van der Waals surface area contributed by atoms with Gasteiger partial charge in [-0.2, -0.15) is 0 Å². The number of nitrogens with two attached hydrogens (primary N) is 1. The number of pyridine rings is 1. The third-order valence-corrected chi connectivity index (χ3v) is 3.45. The number of benzene rings is 2. The molecule has 2 aromatic carbocycles. The third-order valence-electron chi connectivity index (χ3n) is 3.01. The molecule has 19 heavy (non-hydrogen) atoms. The van der Waals surface area contributed by atoms with Crippen LogP contribution in [0.2, 0.25) is 10.0 Å². The molecule has 0 fully saturated rings. The van der Waals surface area contributed by atoms with Gasteiger partial charge in [0.1, 0.15) is 0 Å². The van der Waals surface area contributed by atoms with Crippen LogP contribution >= 0.6 is 23.2 Å². The van der Waals surface area contributed by atoms with E-state index in [1.165, 1.54) is 0 Å². The van der Waals surface area contributed by atoms with Crippen molar-refractivity contribution in [3.63, 3.8) is 0 Å². The van der Waals surface area contributed by atoms with E-state index in [0.717, 1.165) is 21.9 Å². The average Bonchev–Trinajstić information content (AvgIpc) is 2.37. The van der Waals surface area contributed by atoms with E-state index in [9.17, 15) is 0 Å². The van der Waals surface area contributed by atoms with Crippen LogP contribution in [-0.2, 0) is 0 Å². The summed E-state index contributed by atoms with van der Waals surface area (Å²) in [4.78, 5) is 4.24. The predicted octanol–water partition coefficient (Wildman–Crippen LogP) is 4.79. The Morgan fingerprint density at radius 1 is 0.895 bits per heavy atom. The topological polar surface area (TPSA) is 38.9 Å². The van der Waals surface area contributed by atoms with Crippen molar-refractivity contribution in [2.24, 2.45) is 0 Å². The lowest BCUT2D eigenvalue weighted by Crippen LogP contribution is -1.90. The molecule has 0 unspecified atom stereocenters. The van der Waals surface area contributed by atoms with E-state index >= 15 is 0 Å². The molecule has 0 aliphatic rings. The largest absolute Gasteiger partial charge is 0.398 e. The monoisotopic (exact) mass is 288 g/mol. The molecule has 2 nitrogen and oxygen atoms in total. The molecule has 0 radical (unpaired) electrons. The molecule has 0 saturated heterocycles. The molecule has 3 aromatic rings. The number of halogens is 2. The number of hydrogen-bond acceptors (Lipinski definition) is 2. The fourth-order valence-corrected chi connectivity index (χ4v) is 2.68. The van der Waals surface area contributed by atoms with Gasteiger partial charge in [-0.1, -0.05) is 35.3 Å². The fraction of sp³-hybridized carbons (Fsp3) is 0. The zero-order valence-electron chi connectivity index (χ0n) is 9.90. The van der Waals surface area contributed by atoms with Gasteiger partial charge in [0.15, 0.2) is 0 Å². The molecular weight excluding hydrogens is 279 g/mol. The van der Waals surface area contributed by atoms with Gasteiger partial charge in [0.05, 0.1) is 0 Å². The summed E-state index contributed by atoms with van der Waals surface area (Å²) in [7, 11) is 0. The zero-order valence-corrected chi connectivity index (χ0v) is 11.4. The van der Waals surface area contributed by atoms with Crippen LogP contribution in [0, 0.1) is 0 Å². The molecule has 0 amide bonds. The lowest BCUT2D eigenvalue weighted by atomic mass is 10.0. The number of hydrogen-bond donors (Lipinski definition) is 1. The first kappa shape index (κ1) is 12.3. The van der Waals surface area contributed by atoms with Gasteiger partial charge < -0.3 is 5.73 Å². The van der Waals surface area contributed by atoms with Crippen molar-refractivity contribution in [3.05, 3.63) is 58.8 Å². The highest BCUT2D eigenvalue weighted by atomic mass is 35.5. The number of fused-ring (bicyclic) bond motifs is 1. The van der Waals surface area contributed by atoms with E-state index in [-0.39, 0.29) is 0 Å². The second kappa shape index (κ2) is 4.72.